The molecule has 0 saturated heterocycles. The van der Waals surface area contributed by atoms with E-state index in [0.717, 1.165) is 30.2 Å². The number of rotatable bonds is 2. The number of hydrogen-bond acceptors (Lipinski definition) is 4. The molecule has 1 heterocycles. The fraction of sp³-hybridized carbons (Fsp3) is 0.400. The van der Waals surface area contributed by atoms with Crippen LogP contribution in [0.1, 0.15) is 0 Å². The summed E-state index contributed by atoms with van der Waals surface area (Å²) < 4.78 is 0. The van der Waals surface area contributed by atoms with Crippen molar-refractivity contribution in [2.75, 3.05) is 42.2 Å². The molecule has 1 aromatic carbocycles. The predicted octanol–water partition coefficient (Wildman–Crippen LogP) is 0.493. The Morgan fingerprint density at radius 3 is 3.14 bits per heavy atom. The number of anilines is 3. The minimum Gasteiger partial charge on any atom is -0.399 e. The number of benzene rings is 1. The summed E-state index contributed by atoms with van der Waals surface area (Å²) in [7, 11) is 0. The van der Waals surface area contributed by atoms with E-state index in [0.29, 0.717) is 6.54 Å². The lowest BCUT2D eigenvalue weighted by Crippen LogP contribution is -2.35. The van der Waals surface area contributed by atoms with Gasteiger partial charge in [0.05, 0.1) is 18.0 Å². The first-order chi connectivity index (χ1) is 6.81. The Bertz CT molecular complexity index is 327. The van der Waals surface area contributed by atoms with Gasteiger partial charge in [0.15, 0.2) is 0 Å². The van der Waals surface area contributed by atoms with Crippen LogP contribution in [0, 0.1) is 0 Å². The molecule has 0 aromatic heterocycles. The first-order valence-electron chi connectivity index (χ1n) is 4.80. The minimum absolute atomic E-state index is 0.175. The van der Waals surface area contributed by atoms with Gasteiger partial charge in [0, 0.05) is 25.3 Å². The number of nitrogens with two attached hydrogens (primary N) is 1. The van der Waals surface area contributed by atoms with Gasteiger partial charge in [-0.3, -0.25) is 0 Å². The summed E-state index contributed by atoms with van der Waals surface area (Å²) in [6, 6.07) is 5.81. The summed E-state index contributed by atoms with van der Waals surface area (Å²) in [5.74, 6) is 0. The van der Waals surface area contributed by atoms with E-state index in [1.165, 1.54) is 0 Å². The van der Waals surface area contributed by atoms with E-state index in [1.54, 1.807) is 0 Å². The van der Waals surface area contributed by atoms with Gasteiger partial charge in [-0.1, -0.05) is 0 Å². The number of β-amino-alcohol motifs (C(OH)–C–C–N with tert-alkyl or cyclic N) is 1. The monoisotopic (exact) mass is 193 g/mol. The van der Waals surface area contributed by atoms with Crippen LogP contribution in [0.4, 0.5) is 17.1 Å². The van der Waals surface area contributed by atoms with Crippen molar-refractivity contribution in [1.82, 2.24) is 0 Å². The molecule has 0 saturated carbocycles. The van der Waals surface area contributed by atoms with Crippen molar-refractivity contribution in [3.63, 3.8) is 0 Å². The highest BCUT2D eigenvalue weighted by Gasteiger charge is 2.15. The first-order valence-corrected chi connectivity index (χ1v) is 4.80. The van der Waals surface area contributed by atoms with Crippen molar-refractivity contribution in [3.8, 4) is 0 Å². The molecule has 14 heavy (non-hydrogen) atoms. The molecule has 4 nitrogen and oxygen atoms in total. The third-order valence-electron chi connectivity index (χ3n) is 2.43. The third kappa shape index (κ3) is 1.61. The number of hydrogen-bond donors (Lipinski definition) is 3. The van der Waals surface area contributed by atoms with Crippen molar-refractivity contribution < 1.29 is 5.11 Å². The zero-order valence-corrected chi connectivity index (χ0v) is 8.03. The van der Waals surface area contributed by atoms with Crippen molar-refractivity contribution in [2.45, 2.75) is 0 Å². The molecular formula is C10H15N3O. The van der Waals surface area contributed by atoms with Crippen LogP contribution in [-0.2, 0) is 0 Å². The summed E-state index contributed by atoms with van der Waals surface area (Å²) in [5.41, 5.74) is 8.67. The van der Waals surface area contributed by atoms with Crippen molar-refractivity contribution >= 4 is 17.1 Å². The minimum atomic E-state index is 0.175. The molecule has 0 radical (unpaired) electrons. The molecule has 0 spiro atoms. The highest BCUT2D eigenvalue weighted by atomic mass is 16.3. The lowest BCUT2D eigenvalue weighted by atomic mass is 10.2. The van der Waals surface area contributed by atoms with Crippen molar-refractivity contribution in [2.24, 2.45) is 0 Å². The van der Waals surface area contributed by atoms with E-state index in [2.05, 4.69) is 10.2 Å². The Morgan fingerprint density at radius 1 is 1.50 bits per heavy atom. The summed E-state index contributed by atoms with van der Waals surface area (Å²) in [4.78, 5) is 2.14. The second kappa shape index (κ2) is 3.75. The maximum absolute atomic E-state index is 8.92. The van der Waals surface area contributed by atoms with Crippen molar-refractivity contribution in [1.29, 1.82) is 0 Å². The molecule has 0 amide bonds. The van der Waals surface area contributed by atoms with E-state index in [-0.39, 0.29) is 6.61 Å². The quantitative estimate of drug-likeness (QED) is 0.598. The van der Waals surface area contributed by atoms with Gasteiger partial charge in [-0.15, -0.1) is 0 Å². The Hall–Kier alpha value is -1.42. The Kier molecular flexibility index (Phi) is 2.45. The molecule has 0 bridgehead atoms. The molecule has 4 heteroatoms. The highest BCUT2D eigenvalue weighted by molar-refractivity contribution is 5.75. The van der Waals surface area contributed by atoms with Gasteiger partial charge in [0.1, 0.15) is 0 Å². The fourth-order valence-corrected chi connectivity index (χ4v) is 1.76. The zero-order chi connectivity index (χ0) is 9.97. The van der Waals surface area contributed by atoms with Gasteiger partial charge >= 0.3 is 0 Å². The number of nitrogens with one attached hydrogen (secondary N) is 1. The number of fused-ring (bicyclic) bond motifs is 1. The summed E-state index contributed by atoms with van der Waals surface area (Å²) in [5, 5.41) is 12.2. The molecule has 76 valence electrons. The lowest BCUT2D eigenvalue weighted by Gasteiger charge is -2.31. The molecule has 2 rings (SSSR count). The zero-order valence-electron chi connectivity index (χ0n) is 8.03. The normalized spacial score (nSPS) is 14.8. The SMILES string of the molecule is Nc1ccc2c(c1)N(CCO)CCN2. The maximum atomic E-state index is 8.92. The second-order valence-corrected chi connectivity index (χ2v) is 3.41. The van der Waals surface area contributed by atoms with Crippen LogP contribution in [0.5, 0.6) is 0 Å². The number of nitrogens with zero attached hydrogens (tertiary/aromatic N) is 1. The average Bonchev–Trinajstić information content (AvgIpc) is 2.19. The molecule has 0 atom stereocenters. The molecule has 1 aliphatic rings. The van der Waals surface area contributed by atoms with E-state index in [4.69, 9.17) is 10.8 Å². The van der Waals surface area contributed by atoms with E-state index in [1.807, 2.05) is 18.2 Å². The van der Waals surface area contributed by atoms with Gasteiger partial charge in [-0.25, -0.2) is 0 Å². The third-order valence-corrected chi connectivity index (χ3v) is 2.43. The van der Waals surface area contributed by atoms with Crippen LogP contribution < -0.4 is 16.0 Å². The van der Waals surface area contributed by atoms with Crippen molar-refractivity contribution in [3.05, 3.63) is 18.2 Å². The highest BCUT2D eigenvalue weighted by Crippen LogP contribution is 2.30. The Balaban J connectivity index is 2.32. The summed E-state index contributed by atoms with van der Waals surface area (Å²) >= 11 is 0. The van der Waals surface area contributed by atoms with Crippen LogP contribution >= 0.6 is 0 Å². The lowest BCUT2D eigenvalue weighted by molar-refractivity contribution is 0.302. The first kappa shape index (κ1) is 9.15. The molecule has 0 fully saturated rings. The van der Waals surface area contributed by atoms with Crippen LogP contribution in [0.3, 0.4) is 0 Å². The molecule has 0 aliphatic carbocycles. The van der Waals surface area contributed by atoms with E-state index >= 15 is 0 Å². The number of aliphatic hydroxyl groups is 1. The Morgan fingerprint density at radius 2 is 2.36 bits per heavy atom. The van der Waals surface area contributed by atoms with E-state index < -0.39 is 0 Å². The number of aliphatic hydroxyl groups excluding tert-OH is 1. The average molecular weight is 193 g/mol. The molecular weight excluding hydrogens is 178 g/mol. The predicted molar refractivity (Wildman–Crippen MR) is 58.6 cm³/mol. The molecule has 1 aromatic rings. The van der Waals surface area contributed by atoms with Crippen LogP contribution in [0.15, 0.2) is 18.2 Å². The maximum Gasteiger partial charge on any atom is 0.0624 e. The number of nitrogen functional groups attached to an aromatic ring is 1. The molecule has 4 N–H and O–H groups in total. The van der Waals surface area contributed by atoms with Crippen LogP contribution in [0.25, 0.3) is 0 Å². The van der Waals surface area contributed by atoms with Crippen LogP contribution in [-0.4, -0.2) is 31.3 Å². The molecule has 0 unspecified atom stereocenters. The fourth-order valence-electron chi connectivity index (χ4n) is 1.76. The van der Waals surface area contributed by atoms with Gasteiger partial charge in [0.2, 0.25) is 0 Å². The van der Waals surface area contributed by atoms with Gasteiger partial charge < -0.3 is 21.1 Å². The largest absolute Gasteiger partial charge is 0.399 e. The van der Waals surface area contributed by atoms with E-state index in [9.17, 15) is 0 Å². The topological polar surface area (TPSA) is 61.5 Å². The van der Waals surface area contributed by atoms with Crippen LogP contribution in [0.2, 0.25) is 0 Å². The summed E-state index contributed by atoms with van der Waals surface area (Å²) in [6.45, 7) is 2.67. The second-order valence-electron chi connectivity index (χ2n) is 3.41. The summed E-state index contributed by atoms with van der Waals surface area (Å²) in [6.07, 6.45) is 0. The molecule has 1 aliphatic heterocycles. The van der Waals surface area contributed by atoms with Gasteiger partial charge in [-0.2, -0.15) is 0 Å². The standard InChI is InChI=1S/C10H15N3O/c11-8-1-2-9-10(7-8)13(5-6-14)4-3-12-9/h1-2,7,12,14H,3-6,11H2. The van der Waals surface area contributed by atoms with Gasteiger partial charge in [0.25, 0.3) is 0 Å². The van der Waals surface area contributed by atoms with Gasteiger partial charge in [-0.05, 0) is 18.2 Å². The smallest absolute Gasteiger partial charge is 0.0624 e. The Labute approximate surface area is 83.3 Å².